The van der Waals surface area contributed by atoms with E-state index in [0.29, 0.717) is 17.0 Å². The van der Waals surface area contributed by atoms with Crippen molar-refractivity contribution in [1.29, 1.82) is 0 Å². The van der Waals surface area contributed by atoms with Crippen LogP contribution in [-0.2, 0) is 11.2 Å². The first-order valence-corrected chi connectivity index (χ1v) is 7.03. The average Bonchev–Trinajstić information content (AvgIpc) is 2.52. The molecule has 0 heterocycles. The van der Waals surface area contributed by atoms with Crippen molar-refractivity contribution in [2.75, 3.05) is 19.1 Å². The predicted molar refractivity (Wildman–Crippen MR) is 84.4 cm³/mol. The van der Waals surface area contributed by atoms with Crippen LogP contribution in [0, 0.1) is 11.6 Å². The Morgan fingerprint density at radius 1 is 1.17 bits per heavy atom. The number of nitrogens with two attached hydrogens (primary N) is 1. The van der Waals surface area contributed by atoms with Gasteiger partial charge in [0.2, 0.25) is 5.91 Å². The SMILES string of the molecule is COc1ccc(N(C)C(=O)[C@@H](N)Cc2cc(F)cc(F)c2)cc1. The van der Waals surface area contributed by atoms with Crippen LogP contribution in [0.4, 0.5) is 14.5 Å². The van der Waals surface area contributed by atoms with Crippen molar-refractivity contribution in [2.24, 2.45) is 5.73 Å². The molecule has 0 aliphatic rings. The van der Waals surface area contributed by atoms with Crippen LogP contribution in [0.25, 0.3) is 0 Å². The normalized spacial score (nSPS) is 11.9. The highest BCUT2D eigenvalue weighted by atomic mass is 19.1. The standard InChI is InChI=1S/C17H18F2N2O2/c1-21(14-3-5-15(23-2)6-4-14)17(22)16(20)9-11-7-12(18)10-13(19)8-11/h3-8,10,16H,9,20H2,1-2H3/t16-/m0/s1. The van der Waals surface area contributed by atoms with Crippen LogP contribution < -0.4 is 15.4 Å². The van der Waals surface area contributed by atoms with E-state index in [-0.39, 0.29) is 12.3 Å². The number of carbonyl (C=O) groups excluding carboxylic acids is 1. The summed E-state index contributed by atoms with van der Waals surface area (Å²) < 4.78 is 31.4. The third-order valence-corrected chi connectivity index (χ3v) is 3.49. The molecule has 0 unspecified atom stereocenters. The van der Waals surface area contributed by atoms with Crippen LogP contribution >= 0.6 is 0 Å². The first-order valence-electron chi connectivity index (χ1n) is 7.03. The van der Waals surface area contributed by atoms with Crippen molar-refractivity contribution in [1.82, 2.24) is 0 Å². The first kappa shape index (κ1) is 16.9. The van der Waals surface area contributed by atoms with Crippen molar-refractivity contribution < 1.29 is 18.3 Å². The minimum absolute atomic E-state index is 0.0496. The molecule has 2 aromatic carbocycles. The highest BCUT2D eigenvalue weighted by Crippen LogP contribution is 2.19. The molecule has 2 rings (SSSR count). The number of anilines is 1. The maximum Gasteiger partial charge on any atom is 0.243 e. The fourth-order valence-electron chi connectivity index (χ4n) is 2.25. The van der Waals surface area contributed by atoms with Crippen molar-refractivity contribution in [2.45, 2.75) is 12.5 Å². The maximum absolute atomic E-state index is 13.2. The first-order chi connectivity index (χ1) is 10.9. The zero-order valence-electron chi connectivity index (χ0n) is 12.9. The number of likely N-dealkylation sites (N-methyl/N-ethyl adjacent to an activating group) is 1. The van der Waals surface area contributed by atoms with E-state index in [1.54, 1.807) is 38.4 Å². The third-order valence-electron chi connectivity index (χ3n) is 3.49. The highest BCUT2D eigenvalue weighted by molar-refractivity contribution is 5.96. The topological polar surface area (TPSA) is 55.6 Å². The highest BCUT2D eigenvalue weighted by Gasteiger charge is 2.20. The molecule has 0 spiro atoms. The maximum atomic E-state index is 13.2. The minimum atomic E-state index is -0.900. The van der Waals surface area contributed by atoms with Gasteiger partial charge in [-0.3, -0.25) is 4.79 Å². The number of hydrogen-bond acceptors (Lipinski definition) is 3. The van der Waals surface area contributed by atoms with Gasteiger partial charge in [-0.15, -0.1) is 0 Å². The molecule has 23 heavy (non-hydrogen) atoms. The van der Waals surface area contributed by atoms with Gasteiger partial charge in [0.25, 0.3) is 0 Å². The van der Waals surface area contributed by atoms with Crippen LogP contribution in [0.2, 0.25) is 0 Å². The van der Waals surface area contributed by atoms with E-state index in [1.165, 1.54) is 17.0 Å². The Kier molecular flexibility index (Phi) is 5.28. The number of nitrogens with zero attached hydrogens (tertiary/aromatic N) is 1. The number of methoxy groups -OCH3 is 1. The lowest BCUT2D eigenvalue weighted by molar-refractivity contribution is -0.119. The van der Waals surface area contributed by atoms with Crippen LogP contribution in [-0.4, -0.2) is 26.1 Å². The molecule has 4 nitrogen and oxygen atoms in total. The Balaban J connectivity index is 2.08. The molecule has 0 aromatic heterocycles. The average molecular weight is 320 g/mol. The molecule has 0 saturated heterocycles. The molecule has 0 saturated carbocycles. The zero-order chi connectivity index (χ0) is 17.0. The smallest absolute Gasteiger partial charge is 0.243 e. The molecule has 1 atom stereocenters. The minimum Gasteiger partial charge on any atom is -0.497 e. The van der Waals surface area contributed by atoms with Gasteiger partial charge in [-0.2, -0.15) is 0 Å². The molecule has 1 amide bonds. The largest absolute Gasteiger partial charge is 0.497 e. The van der Waals surface area contributed by atoms with Crippen LogP contribution in [0.15, 0.2) is 42.5 Å². The summed E-state index contributed by atoms with van der Waals surface area (Å²) in [4.78, 5) is 13.8. The van der Waals surface area contributed by atoms with Crippen molar-refractivity contribution in [3.05, 3.63) is 59.7 Å². The van der Waals surface area contributed by atoms with Crippen molar-refractivity contribution in [3.8, 4) is 5.75 Å². The van der Waals surface area contributed by atoms with E-state index in [1.807, 2.05) is 0 Å². The zero-order valence-corrected chi connectivity index (χ0v) is 12.9. The Morgan fingerprint density at radius 3 is 2.26 bits per heavy atom. The second-order valence-corrected chi connectivity index (χ2v) is 5.18. The van der Waals surface area contributed by atoms with Gasteiger partial charge in [0.05, 0.1) is 13.2 Å². The molecule has 0 bridgehead atoms. The fourth-order valence-corrected chi connectivity index (χ4v) is 2.25. The second-order valence-electron chi connectivity index (χ2n) is 5.18. The molecule has 122 valence electrons. The summed E-state index contributed by atoms with van der Waals surface area (Å²) in [5, 5.41) is 0. The summed E-state index contributed by atoms with van der Waals surface area (Å²) in [6, 6.07) is 9.13. The fraction of sp³-hybridized carbons (Fsp3) is 0.235. The predicted octanol–water partition coefficient (Wildman–Crippen LogP) is 2.51. The Bertz CT molecular complexity index is 669. The Labute approximate surface area is 133 Å². The van der Waals surface area contributed by atoms with Crippen LogP contribution in [0.3, 0.4) is 0 Å². The van der Waals surface area contributed by atoms with Gasteiger partial charge in [0.15, 0.2) is 0 Å². The Hall–Kier alpha value is -2.47. The lowest BCUT2D eigenvalue weighted by Gasteiger charge is -2.21. The molecule has 0 radical (unpaired) electrons. The summed E-state index contributed by atoms with van der Waals surface area (Å²) in [5.74, 6) is -1.06. The van der Waals surface area contributed by atoms with Gasteiger partial charge < -0.3 is 15.4 Å². The number of benzene rings is 2. The summed E-state index contributed by atoms with van der Waals surface area (Å²) in [6.45, 7) is 0. The van der Waals surface area contributed by atoms with Gasteiger partial charge in [-0.25, -0.2) is 8.78 Å². The molecule has 2 N–H and O–H groups in total. The van der Waals surface area contributed by atoms with E-state index in [0.717, 1.165) is 6.07 Å². The van der Waals surface area contributed by atoms with Crippen LogP contribution in [0.1, 0.15) is 5.56 Å². The van der Waals surface area contributed by atoms with E-state index in [2.05, 4.69) is 0 Å². The van der Waals surface area contributed by atoms with Gasteiger partial charge in [0.1, 0.15) is 17.4 Å². The summed E-state index contributed by atoms with van der Waals surface area (Å²) in [6.07, 6.45) is 0.0496. The molecule has 6 heteroatoms. The summed E-state index contributed by atoms with van der Waals surface area (Å²) in [7, 11) is 3.15. The number of carbonyl (C=O) groups is 1. The molecule has 0 aliphatic carbocycles. The number of ether oxygens (including phenoxy) is 1. The lowest BCUT2D eigenvalue weighted by atomic mass is 10.0. The Morgan fingerprint density at radius 2 is 1.74 bits per heavy atom. The van der Waals surface area contributed by atoms with Crippen LogP contribution in [0.5, 0.6) is 5.75 Å². The lowest BCUT2D eigenvalue weighted by Crippen LogP contribution is -2.43. The monoisotopic (exact) mass is 320 g/mol. The molecular weight excluding hydrogens is 302 g/mol. The number of hydrogen-bond donors (Lipinski definition) is 1. The molecular formula is C17H18F2N2O2. The second kappa shape index (κ2) is 7.19. The summed E-state index contributed by atoms with van der Waals surface area (Å²) >= 11 is 0. The van der Waals surface area contributed by atoms with Gasteiger partial charge in [0, 0.05) is 18.8 Å². The number of rotatable bonds is 5. The van der Waals surface area contributed by atoms with Crippen molar-refractivity contribution >= 4 is 11.6 Å². The van der Waals surface area contributed by atoms with Crippen molar-refractivity contribution in [3.63, 3.8) is 0 Å². The van der Waals surface area contributed by atoms with E-state index >= 15 is 0 Å². The third kappa shape index (κ3) is 4.26. The summed E-state index contributed by atoms with van der Waals surface area (Å²) in [5.41, 5.74) is 6.87. The van der Waals surface area contributed by atoms with E-state index in [4.69, 9.17) is 10.5 Å². The van der Waals surface area contributed by atoms with Gasteiger partial charge >= 0.3 is 0 Å². The molecule has 0 fully saturated rings. The molecule has 2 aromatic rings. The van der Waals surface area contributed by atoms with Gasteiger partial charge in [-0.05, 0) is 48.4 Å². The molecule has 0 aliphatic heterocycles. The van der Waals surface area contributed by atoms with E-state index in [9.17, 15) is 13.6 Å². The quantitative estimate of drug-likeness (QED) is 0.921. The number of halogens is 2. The van der Waals surface area contributed by atoms with Gasteiger partial charge in [-0.1, -0.05) is 0 Å². The van der Waals surface area contributed by atoms with E-state index < -0.39 is 17.7 Å². The number of amides is 1.